The number of hydrogen-bond acceptors (Lipinski definition) is 3. The zero-order chi connectivity index (χ0) is 12.3. The van der Waals surface area contributed by atoms with Crippen molar-refractivity contribution in [2.45, 2.75) is 19.4 Å². The molecule has 0 radical (unpaired) electrons. The Morgan fingerprint density at radius 1 is 1.33 bits per heavy atom. The van der Waals surface area contributed by atoms with Crippen LogP contribution >= 0.6 is 12.4 Å². The molecule has 0 atom stereocenters. The van der Waals surface area contributed by atoms with Crippen LogP contribution in [0.25, 0.3) is 0 Å². The van der Waals surface area contributed by atoms with E-state index in [1.54, 1.807) is 0 Å². The van der Waals surface area contributed by atoms with Gasteiger partial charge in [-0.25, -0.2) is 0 Å². The third-order valence-corrected chi connectivity index (χ3v) is 3.35. The first-order chi connectivity index (χ1) is 8.15. The van der Waals surface area contributed by atoms with Crippen molar-refractivity contribution in [2.75, 3.05) is 18.8 Å². The Morgan fingerprint density at radius 2 is 2.00 bits per heavy atom. The van der Waals surface area contributed by atoms with Crippen LogP contribution in [-0.4, -0.2) is 23.9 Å². The predicted molar refractivity (Wildman–Crippen MR) is 75.3 cm³/mol. The van der Waals surface area contributed by atoms with Crippen LogP contribution in [0.4, 0.5) is 5.69 Å². The first-order valence-electron chi connectivity index (χ1n) is 6.01. The van der Waals surface area contributed by atoms with Gasteiger partial charge in [-0.1, -0.05) is 12.1 Å². The highest BCUT2D eigenvalue weighted by atomic mass is 35.5. The molecule has 1 heterocycles. The van der Waals surface area contributed by atoms with Gasteiger partial charge in [-0.05, 0) is 43.6 Å². The van der Waals surface area contributed by atoms with Crippen LogP contribution < -0.4 is 11.5 Å². The van der Waals surface area contributed by atoms with Gasteiger partial charge in [-0.15, -0.1) is 12.4 Å². The molecule has 5 heteroatoms. The maximum Gasteiger partial charge on any atom is 0.220 e. The van der Waals surface area contributed by atoms with E-state index in [9.17, 15) is 4.79 Å². The van der Waals surface area contributed by atoms with Crippen molar-refractivity contribution in [2.24, 2.45) is 11.7 Å². The molecular formula is C13H20ClN3O. The number of piperidine rings is 1. The van der Waals surface area contributed by atoms with E-state index in [1.165, 1.54) is 5.56 Å². The number of anilines is 1. The molecule has 1 aromatic rings. The second-order valence-electron chi connectivity index (χ2n) is 4.70. The SMILES string of the molecule is Cl.NC(=O)C1CCN(Cc2cccc(N)c2)CC1. The number of amides is 1. The van der Waals surface area contributed by atoms with Crippen molar-refractivity contribution < 1.29 is 4.79 Å². The summed E-state index contributed by atoms with van der Waals surface area (Å²) in [6.07, 6.45) is 1.75. The molecule has 0 aromatic heterocycles. The maximum atomic E-state index is 11.1. The minimum absolute atomic E-state index is 0. The van der Waals surface area contributed by atoms with Crippen LogP contribution in [-0.2, 0) is 11.3 Å². The van der Waals surface area contributed by atoms with E-state index in [0.717, 1.165) is 38.2 Å². The number of nitrogens with zero attached hydrogens (tertiary/aromatic N) is 1. The lowest BCUT2D eigenvalue weighted by Crippen LogP contribution is -2.38. The van der Waals surface area contributed by atoms with E-state index in [2.05, 4.69) is 11.0 Å². The van der Waals surface area contributed by atoms with Crippen LogP contribution in [0.15, 0.2) is 24.3 Å². The number of carbonyl (C=O) groups excluding carboxylic acids is 1. The molecule has 1 amide bonds. The van der Waals surface area contributed by atoms with Gasteiger partial charge in [0.05, 0.1) is 0 Å². The molecule has 0 unspecified atom stereocenters. The van der Waals surface area contributed by atoms with Gasteiger partial charge in [-0.2, -0.15) is 0 Å². The molecule has 1 saturated heterocycles. The van der Waals surface area contributed by atoms with Crippen LogP contribution in [0.1, 0.15) is 18.4 Å². The molecular weight excluding hydrogens is 250 g/mol. The number of nitrogen functional groups attached to an aromatic ring is 1. The summed E-state index contributed by atoms with van der Waals surface area (Å²) < 4.78 is 0. The summed E-state index contributed by atoms with van der Waals surface area (Å²) in [6, 6.07) is 7.94. The molecule has 1 fully saturated rings. The molecule has 0 aliphatic carbocycles. The first kappa shape index (κ1) is 14.8. The maximum absolute atomic E-state index is 11.1. The van der Waals surface area contributed by atoms with Crippen LogP contribution in [0, 0.1) is 5.92 Å². The summed E-state index contributed by atoms with van der Waals surface area (Å²) in [7, 11) is 0. The fourth-order valence-electron chi connectivity index (χ4n) is 2.33. The van der Waals surface area contributed by atoms with Gasteiger partial charge in [-0.3, -0.25) is 9.69 Å². The van der Waals surface area contributed by atoms with E-state index in [1.807, 2.05) is 18.2 Å². The third-order valence-electron chi connectivity index (χ3n) is 3.35. The van der Waals surface area contributed by atoms with E-state index in [4.69, 9.17) is 11.5 Å². The zero-order valence-corrected chi connectivity index (χ0v) is 11.2. The van der Waals surface area contributed by atoms with Crippen molar-refractivity contribution in [1.29, 1.82) is 0 Å². The number of likely N-dealkylation sites (tertiary alicyclic amines) is 1. The highest BCUT2D eigenvalue weighted by Crippen LogP contribution is 2.19. The highest BCUT2D eigenvalue weighted by molar-refractivity contribution is 5.85. The third kappa shape index (κ3) is 3.89. The summed E-state index contributed by atoms with van der Waals surface area (Å²) in [5, 5.41) is 0. The van der Waals surface area contributed by atoms with Crippen molar-refractivity contribution in [1.82, 2.24) is 4.90 Å². The second-order valence-corrected chi connectivity index (χ2v) is 4.70. The molecule has 0 bridgehead atoms. The molecule has 2 rings (SSSR count). The Bertz CT molecular complexity index is 403. The number of halogens is 1. The predicted octanol–water partition coefficient (Wildman–Crippen LogP) is 1.39. The van der Waals surface area contributed by atoms with Crippen molar-refractivity contribution >= 4 is 24.0 Å². The summed E-state index contributed by atoms with van der Waals surface area (Å²) in [4.78, 5) is 13.4. The number of benzene rings is 1. The van der Waals surface area contributed by atoms with Crippen molar-refractivity contribution in [3.05, 3.63) is 29.8 Å². The molecule has 0 spiro atoms. The quantitative estimate of drug-likeness (QED) is 0.815. The van der Waals surface area contributed by atoms with Gasteiger partial charge in [0, 0.05) is 18.2 Å². The minimum Gasteiger partial charge on any atom is -0.399 e. The number of primary amides is 1. The summed E-state index contributed by atoms with van der Waals surface area (Å²) >= 11 is 0. The molecule has 4 N–H and O–H groups in total. The smallest absolute Gasteiger partial charge is 0.220 e. The number of nitrogens with two attached hydrogens (primary N) is 2. The molecule has 1 aliphatic heterocycles. The Balaban J connectivity index is 0.00000162. The van der Waals surface area contributed by atoms with Gasteiger partial charge in [0.25, 0.3) is 0 Å². The Kier molecular flexibility index (Phi) is 5.44. The van der Waals surface area contributed by atoms with Gasteiger partial charge in [0.15, 0.2) is 0 Å². The first-order valence-corrected chi connectivity index (χ1v) is 6.01. The van der Waals surface area contributed by atoms with Gasteiger partial charge >= 0.3 is 0 Å². The highest BCUT2D eigenvalue weighted by Gasteiger charge is 2.22. The fraction of sp³-hybridized carbons (Fsp3) is 0.462. The Hall–Kier alpha value is -1.26. The topological polar surface area (TPSA) is 72.4 Å². The van der Waals surface area contributed by atoms with E-state index >= 15 is 0 Å². The van der Waals surface area contributed by atoms with E-state index in [0.29, 0.717) is 0 Å². The average Bonchev–Trinajstić information content (AvgIpc) is 2.29. The summed E-state index contributed by atoms with van der Waals surface area (Å²) in [5.74, 6) is -0.0966. The normalized spacial score (nSPS) is 17.1. The zero-order valence-electron chi connectivity index (χ0n) is 10.3. The molecule has 1 aromatic carbocycles. The Labute approximate surface area is 114 Å². The number of hydrogen-bond donors (Lipinski definition) is 2. The second kappa shape index (κ2) is 6.61. The number of carbonyl (C=O) groups is 1. The van der Waals surface area contributed by atoms with E-state index < -0.39 is 0 Å². The average molecular weight is 270 g/mol. The van der Waals surface area contributed by atoms with Crippen LogP contribution in [0.2, 0.25) is 0 Å². The minimum atomic E-state index is -0.159. The number of rotatable bonds is 3. The standard InChI is InChI=1S/C13H19N3O.ClH/c14-12-3-1-2-10(8-12)9-16-6-4-11(5-7-16)13(15)17;/h1-3,8,11H,4-7,9,14H2,(H2,15,17);1H. The van der Waals surface area contributed by atoms with Gasteiger partial charge < -0.3 is 11.5 Å². The lowest BCUT2D eigenvalue weighted by atomic mass is 9.96. The van der Waals surface area contributed by atoms with Crippen molar-refractivity contribution in [3.63, 3.8) is 0 Å². The van der Waals surface area contributed by atoms with Gasteiger partial charge in [0.1, 0.15) is 0 Å². The summed E-state index contributed by atoms with van der Waals surface area (Å²) in [6.45, 7) is 2.77. The lowest BCUT2D eigenvalue weighted by Gasteiger charge is -2.30. The molecule has 1 aliphatic rings. The lowest BCUT2D eigenvalue weighted by molar-refractivity contribution is -0.123. The van der Waals surface area contributed by atoms with Crippen molar-refractivity contribution in [3.8, 4) is 0 Å². The largest absolute Gasteiger partial charge is 0.399 e. The summed E-state index contributed by atoms with van der Waals surface area (Å²) in [5.41, 5.74) is 13.1. The molecule has 100 valence electrons. The fourth-order valence-corrected chi connectivity index (χ4v) is 2.33. The molecule has 0 saturated carbocycles. The molecule has 4 nitrogen and oxygen atoms in total. The molecule has 18 heavy (non-hydrogen) atoms. The van der Waals surface area contributed by atoms with Gasteiger partial charge in [0.2, 0.25) is 5.91 Å². The van der Waals surface area contributed by atoms with Crippen LogP contribution in [0.3, 0.4) is 0 Å². The Morgan fingerprint density at radius 3 is 2.56 bits per heavy atom. The van der Waals surface area contributed by atoms with E-state index in [-0.39, 0.29) is 24.2 Å². The van der Waals surface area contributed by atoms with Crippen LogP contribution in [0.5, 0.6) is 0 Å². The monoisotopic (exact) mass is 269 g/mol.